The van der Waals surface area contributed by atoms with Gasteiger partial charge in [0.2, 0.25) is 5.78 Å². The number of nitrogens with zero attached hydrogens (tertiary/aromatic N) is 2. The van der Waals surface area contributed by atoms with Crippen LogP contribution < -0.4 is 0 Å². The van der Waals surface area contributed by atoms with Crippen LogP contribution in [0.5, 0.6) is 0 Å². The molecule has 0 aliphatic rings. The van der Waals surface area contributed by atoms with Crippen LogP contribution in [0, 0.1) is 6.92 Å². The summed E-state index contributed by atoms with van der Waals surface area (Å²) in [5.41, 5.74) is 2.81. The molecule has 1 atom stereocenters. The van der Waals surface area contributed by atoms with Crippen molar-refractivity contribution in [3.8, 4) is 0 Å². The Hall–Kier alpha value is -3.73. The van der Waals surface area contributed by atoms with Crippen molar-refractivity contribution in [3.05, 3.63) is 102 Å². The molecule has 29 heavy (non-hydrogen) atoms. The van der Waals surface area contributed by atoms with Crippen LogP contribution in [0.2, 0.25) is 0 Å². The zero-order valence-electron chi connectivity index (χ0n) is 16.0. The number of para-hydroxylation sites is 2. The van der Waals surface area contributed by atoms with Crippen LogP contribution in [-0.2, 0) is 16.1 Å². The molecule has 0 radical (unpaired) electrons. The Kier molecular flexibility index (Phi) is 5.20. The summed E-state index contributed by atoms with van der Waals surface area (Å²) >= 11 is 0. The second-order valence-corrected chi connectivity index (χ2v) is 6.74. The molecule has 4 rings (SSSR count). The molecule has 3 aromatic carbocycles. The third-order valence-corrected chi connectivity index (χ3v) is 4.78. The average molecular weight is 384 g/mol. The predicted octanol–water partition coefficient (Wildman–Crippen LogP) is 4.51. The van der Waals surface area contributed by atoms with Crippen molar-refractivity contribution in [2.75, 3.05) is 0 Å². The minimum Gasteiger partial charge on any atom is -0.448 e. The van der Waals surface area contributed by atoms with Gasteiger partial charge in [-0.25, -0.2) is 4.98 Å². The Balaban J connectivity index is 1.61. The topological polar surface area (TPSA) is 61.2 Å². The van der Waals surface area contributed by atoms with Crippen LogP contribution in [0.25, 0.3) is 11.0 Å². The standard InChI is InChI=1S/C24H20N2O3/c1-17-25-20-14-8-9-15-21(20)26(17)16-22(27)29-24(19-12-6-3-7-13-19)23(28)18-10-4-2-5-11-18/h2-15,24H,16H2,1H3. The molecule has 4 aromatic rings. The van der Waals surface area contributed by atoms with Crippen molar-refractivity contribution in [1.82, 2.24) is 9.55 Å². The summed E-state index contributed by atoms with van der Waals surface area (Å²) in [6, 6.07) is 25.6. The van der Waals surface area contributed by atoms with E-state index < -0.39 is 12.1 Å². The molecular formula is C24H20N2O3. The maximum absolute atomic E-state index is 13.1. The molecular weight excluding hydrogens is 364 g/mol. The van der Waals surface area contributed by atoms with E-state index in [9.17, 15) is 9.59 Å². The van der Waals surface area contributed by atoms with Gasteiger partial charge in [-0.15, -0.1) is 0 Å². The number of carbonyl (C=O) groups excluding carboxylic acids is 2. The molecule has 0 N–H and O–H groups in total. The molecule has 0 bridgehead atoms. The Morgan fingerprint density at radius 2 is 1.52 bits per heavy atom. The molecule has 144 valence electrons. The second kappa shape index (κ2) is 8.10. The number of aromatic nitrogens is 2. The van der Waals surface area contributed by atoms with Gasteiger partial charge in [-0.05, 0) is 19.1 Å². The first-order valence-corrected chi connectivity index (χ1v) is 9.39. The summed E-state index contributed by atoms with van der Waals surface area (Å²) in [5.74, 6) is -0.0273. The minimum absolute atomic E-state index is 0.0161. The Morgan fingerprint density at radius 3 is 2.24 bits per heavy atom. The number of hydrogen-bond acceptors (Lipinski definition) is 4. The highest BCUT2D eigenvalue weighted by Gasteiger charge is 2.26. The molecule has 0 saturated carbocycles. The van der Waals surface area contributed by atoms with E-state index in [-0.39, 0.29) is 12.3 Å². The number of aryl methyl sites for hydroxylation is 1. The number of ketones is 1. The molecule has 1 unspecified atom stereocenters. The third-order valence-electron chi connectivity index (χ3n) is 4.78. The Morgan fingerprint density at radius 1 is 0.897 bits per heavy atom. The number of esters is 1. The quantitative estimate of drug-likeness (QED) is 0.362. The number of hydrogen-bond donors (Lipinski definition) is 0. The molecule has 5 heteroatoms. The lowest BCUT2D eigenvalue weighted by Gasteiger charge is -2.18. The molecule has 1 aromatic heterocycles. The van der Waals surface area contributed by atoms with Gasteiger partial charge < -0.3 is 9.30 Å². The first-order chi connectivity index (χ1) is 14.1. The van der Waals surface area contributed by atoms with Crippen LogP contribution in [0.3, 0.4) is 0 Å². The zero-order chi connectivity index (χ0) is 20.2. The minimum atomic E-state index is -0.999. The van der Waals surface area contributed by atoms with Crippen LogP contribution >= 0.6 is 0 Å². The van der Waals surface area contributed by atoms with Crippen LogP contribution in [-0.4, -0.2) is 21.3 Å². The summed E-state index contributed by atoms with van der Waals surface area (Å²) in [6.45, 7) is 1.83. The van der Waals surface area contributed by atoms with Crippen molar-refractivity contribution in [2.45, 2.75) is 19.6 Å². The third kappa shape index (κ3) is 3.94. The van der Waals surface area contributed by atoms with E-state index in [0.29, 0.717) is 17.0 Å². The van der Waals surface area contributed by atoms with Gasteiger partial charge in [-0.1, -0.05) is 72.8 Å². The van der Waals surface area contributed by atoms with Crippen molar-refractivity contribution in [3.63, 3.8) is 0 Å². The van der Waals surface area contributed by atoms with E-state index in [2.05, 4.69) is 4.98 Å². The van der Waals surface area contributed by atoms with E-state index in [1.807, 2.05) is 55.5 Å². The lowest BCUT2D eigenvalue weighted by atomic mass is 10.00. The Labute approximate surface area is 168 Å². The lowest BCUT2D eigenvalue weighted by Crippen LogP contribution is -2.23. The van der Waals surface area contributed by atoms with Crippen molar-refractivity contribution in [1.29, 1.82) is 0 Å². The number of fused-ring (bicyclic) bond motifs is 1. The van der Waals surface area contributed by atoms with Gasteiger partial charge in [0.1, 0.15) is 12.4 Å². The van der Waals surface area contributed by atoms with E-state index >= 15 is 0 Å². The average Bonchev–Trinajstić information content (AvgIpc) is 3.08. The molecule has 0 fully saturated rings. The first kappa shape index (κ1) is 18.6. The maximum atomic E-state index is 13.1. The summed E-state index contributed by atoms with van der Waals surface area (Å²) in [6.07, 6.45) is -0.999. The molecule has 5 nitrogen and oxygen atoms in total. The first-order valence-electron chi connectivity index (χ1n) is 9.39. The van der Waals surface area contributed by atoms with Gasteiger partial charge in [0.05, 0.1) is 11.0 Å². The molecule has 0 amide bonds. The van der Waals surface area contributed by atoms with Gasteiger partial charge in [0.25, 0.3) is 0 Å². The highest BCUT2D eigenvalue weighted by atomic mass is 16.5. The second-order valence-electron chi connectivity index (χ2n) is 6.74. The van der Waals surface area contributed by atoms with Crippen LogP contribution in [0.15, 0.2) is 84.9 Å². The smallest absolute Gasteiger partial charge is 0.327 e. The fraction of sp³-hybridized carbons (Fsp3) is 0.125. The van der Waals surface area contributed by atoms with Crippen molar-refractivity contribution in [2.24, 2.45) is 0 Å². The summed E-state index contributed by atoms with van der Waals surface area (Å²) < 4.78 is 7.49. The van der Waals surface area contributed by atoms with Crippen molar-refractivity contribution >= 4 is 22.8 Å². The fourth-order valence-corrected chi connectivity index (χ4v) is 3.35. The normalized spacial score (nSPS) is 11.9. The fourth-order valence-electron chi connectivity index (χ4n) is 3.35. The number of carbonyl (C=O) groups is 2. The number of ether oxygens (including phenoxy) is 1. The van der Waals surface area contributed by atoms with E-state index in [1.54, 1.807) is 41.0 Å². The summed E-state index contributed by atoms with van der Waals surface area (Å²) in [7, 11) is 0. The van der Waals surface area contributed by atoms with Gasteiger partial charge in [0, 0.05) is 11.1 Å². The lowest BCUT2D eigenvalue weighted by molar-refractivity contribution is -0.148. The number of Topliss-reactive ketones (excluding diaryl/α,β-unsaturated/α-hetero) is 1. The van der Waals surface area contributed by atoms with Gasteiger partial charge in [0.15, 0.2) is 6.10 Å². The molecule has 0 aliphatic carbocycles. The monoisotopic (exact) mass is 384 g/mol. The molecule has 0 aliphatic heterocycles. The summed E-state index contributed by atoms with van der Waals surface area (Å²) in [4.78, 5) is 30.3. The highest BCUT2D eigenvalue weighted by molar-refractivity contribution is 6.01. The van der Waals surface area contributed by atoms with Gasteiger partial charge >= 0.3 is 5.97 Å². The van der Waals surface area contributed by atoms with Crippen LogP contribution in [0.4, 0.5) is 0 Å². The van der Waals surface area contributed by atoms with Crippen LogP contribution in [0.1, 0.15) is 27.8 Å². The predicted molar refractivity (Wildman–Crippen MR) is 111 cm³/mol. The molecule has 1 heterocycles. The van der Waals surface area contributed by atoms with E-state index in [4.69, 9.17) is 4.74 Å². The zero-order valence-corrected chi connectivity index (χ0v) is 16.0. The van der Waals surface area contributed by atoms with E-state index in [0.717, 1.165) is 11.0 Å². The molecule has 0 spiro atoms. The highest BCUT2D eigenvalue weighted by Crippen LogP contribution is 2.24. The summed E-state index contributed by atoms with van der Waals surface area (Å²) in [5, 5.41) is 0. The number of benzene rings is 3. The Bertz CT molecular complexity index is 1150. The SMILES string of the molecule is Cc1nc2ccccc2n1CC(=O)OC(C(=O)c1ccccc1)c1ccccc1. The molecule has 0 saturated heterocycles. The largest absolute Gasteiger partial charge is 0.448 e. The van der Waals surface area contributed by atoms with Crippen molar-refractivity contribution < 1.29 is 14.3 Å². The van der Waals surface area contributed by atoms with Gasteiger partial charge in [-0.2, -0.15) is 0 Å². The van der Waals surface area contributed by atoms with E-state index in [1.165, 1.54) is 0 Å². The number of imidazole rings is 1. The number of rotatable bonds is 6. The maximum Gasteiger partial charge on any atom is 0.327 e. The van der Waals surface area contributed by atoms with Gasteiger partial charge in [-0.3, -0.25) is 9.59 Å².